The third kappa shape index (κ3) is 2.65. The summed E-state index contributed by atoms with van der Waals surface area (Å²) in [6.07, 6.45) is 4.91. The van der Waals surface area contributed by atoms with Crippen LogP contribution in [-0.4, -0.2) is 30.1 Å². The van der Waals surface area contributed by atoms with E-state index in [2.05, 4.69) is 36.4 Å². The highest BCUT2D eigenvalue weighted by molar-refractivity contribution is 7.09. The molecule has 0 spiro atoms. The van der Waals surface area contributed by atoms with E-state index in [-0.39, 0.29) is 0 Å². The van der Waals surface area contributed by atoms with Crippen LogP contribution in [0, 0.1) is 0 Å². The molecule has 0 aliphatic heterocycles. The van der Waals surface area contributed by atoms with Crippen molar-refractivity contribution in [2.24, 2.45) is 5.73 Å². The topological polar surface area (TPSA) is 29.3 Å². The van der Waals surface area contributed by atoms with E-state index in [4.69, 9.17) is 5.73 Å². The fourth-order valence-electron chi connectivity index (χ4n) is 2.67. The number of nitrogens with zero attached hydrogens (tertiary/aromatic N) is 1. The fourth-order valence-corrected chi connectivity index (χ4v) is 3.49. The van der Waals surface area contributed by atoms with E-state index >= 15 is 0 Å². The number of rotatable bonds is 4. The molecule has 3 unspecified atom stereocenters. The zero-order chi connectivity index (χ0) is 11.5. The summed E-state index contributed by atoms with van der Waals surface area (Å²) < 4.78 is 0. The molecule has 1 aromatic heterocycles. The quantitative estimate of drug-likeness (QED) is 0.873. The first-order valence-corrected chi connectivity index (χ1v) is 7.06. The van der Waals surface area contributed by atoms with Crippen molar-refractivity contribution < 1.29 is 0 Å². The highest BCUT2D eigenvalue weighted by Gasteiger charge is 2.29. The molecule has 2 N–H and O–H groups in total. The predicted octanol–water partition coefficient (Wildman–Crippen LogP) is 2.49. The molecular weight excluding hydrogens is 216 g/mol. The van der Waals surface area contributed by atoms with Crippen LogP contribution in [0.25, 0.3) is 0 Å². The Hall–Kier alpha value is -0.380. The molecule has 0 radical (unpaired) electrons. The zero-order valence-corrected chi connectivity index (χ0v) is 11.0. The summed E-state index contributed by atoms with van der Waals surface area (Å²) in [6.45, 7) is 2.31. The lowest BCUT2D eigenvalue weighted by Gasteiger charge is -2.33. The molecule has 2 nitrogen and oxygen atoms in total. The third-order valence-corrected chi connectivity index (χ3v) is 4.73. The maximum absolute atomic E-state index is 6.15. The summed E-state index contributed by atoms with van der Waals surface area (Å²) >= 11 is 1.85. The van der Waals surface area contributed by atoms with E-state index in [0.29, 0.717) is 18.1 Å². The van der Waals surface area contributed by atoms with Crippen LogP contribution in [0.2, 0.25) is 0 Å². The maximum Gasteiger partial charge on any atom is 0.0247 e. The van der Waals surface area contributed by atoms with Crippen molar-refractivity contribution in [1.29, 1.82) is 0 Å². The van der Waals surface area contributed by atoms with Crippen molar-refractivity contribution in [1.82, 2.24) is 4.90 Å². The summed E-state index contributed by atoms with van der Waals surface area (Å²) in [5, 5.41) is 2.16. The maximum atomic E-state index is 6.15. The summed E-state index contributed by atoms with van der Waals surface area (Å²) in [7, 11) is 2.23. The number of hydrogen-bond acceptors (Lipinski definition) is 3. The summed E-state index contributed by atoms with van der Waals surface area (Å²) in [5.41, 5.74) is 6.15. The van der Waals surface area contributed by atoms with Crippen LogP contribution >= 0.6 is 11.3 Å². The Morgan fingerprint density at radius 1 is 1.56 bits per heavy atom. The van der Waals surface area contributed by atoms with Crippen LogP contribution in [-0.2, 0) is 6.42 Å². The van der Waals surface area contributed by atoms with Gasteiger partial charge in [-0.05, 0) is 44.7 Å². The predicted molar refractivity (Wildman–Crippen MR) is 70.9 cm³/mol. The normalized spacial score (nSPS) is 27.5. The molecule has 1 saturated carbocycles. The van der Waals surface area contributed by atoms with Gasteiger partial charge in [-0.25, -0.2) is 0 Å². The molecule has 0 bridgehead atoms. The first kappa shape index (κ1) is 12.1. The van der Waals surface area contributed by atoms with Gasteiger partial charge in [-0.15, -0.1) is 11.3 Å². The Kier molecular flexibility index (Phi) is 4.00. The van der Waals surface area contributed by atoms with E-state index < -0.39 is 0 Å². The van der Waals surface area contributed by atoms with E-state index in [1.54, 1.807) is 0 Å². The van der Waals surface area contributed by atoms with Gasteiger partial charge in [0, 0.05) is 23.0 Å². The van der Waals surface area contributed by atoms with Crippen molar-refractivity contribution in [3.8, 4) is 0 Å². The molecule has 3 atom stereocenters. The average molecular weight is 238 g/mol. The Morgan fingerprint density at radius 2 is 2.38 bits per heavy atom. The molecule has 1 fully saturated rings. The van der Waals surface area contributed by atoms with Crippen LogP contribution in [0.1, 0.15) is 31.1 Å². The molecule has 3 heteroatoms. The summed E-state index contributed by atoms with van der Waals surface area (Å²) in [4.78, 5) is 3.96. The standard InChI is InChI=1S/C13H22N2S/c1-10(9-11-5-4-8-16-11)15(2)13-7-3-6-12(13)14/h4-5,8,10,12-13H,3,6-7,9,14H2,1-2H3. The molecule has 1 heterocycles. The number of nitrogens with two attached hydrogens (primary N) is 1. The Morgan fingerprint density at radius 3 is 2.94 bits per heavy atom. The molecule has 1 aliphatic rings. The minimum Gasteiger partial charge on any atom is -0.326 e. The second-order valence-corrected chi connectivity index (χ2v) is 5.99. The van der Waals surface area contributed by atoms with Gasteiger partial charge in [0.05, 0.1) is 0 Å². The van der Waals surface area contributed by atoms with Crippen LogP contribution in [0.15, 0.2) is 17.5 Å². The highest BCUT2D eigenvalue weighted by Crippen LogP contribution is 2.24. The molecule has 16 heavy (non-hydrogen) atoms. The smallest absolute Gasteiger partial charge is 0.0247 e. The number of hydrogen-bond donors (Lipinski definition) is 1. The number of thiophene rings is 1. The van der Waals surface area contributed by atoms with Crippen molar-refractivity contribution in [3.63, 3.8) is 0 Å². The van der Waals surface area contributed by atoms with Gasteiger partial charge in [-0.1, -0.05) is 12.5 Å². The van der Waals surface area contributed by atoms with Gasteiger partial charge in [-0.2, -0.15) is 0 Å². The van der Waals surface area contributed by atoms with E-state index in [1.807, 2.05) is 11.3 Å². The molecular formula is C13H22N2S. The first-order chi connectivity index (χ1) is 7.68. The minimum absolute atomic E-state index is 0.385. The Labute approximate surface area is 102 Å². The molecule has 1 aromatic rings. The van der Waals surface area contributed by atoms with Gasteiger partial charge >= 0.3 is 0 Å². The summed E-state index contributed by atoms with van der Waals surface area (Å²) in [6, 6.07) is 5.93. The molecule has 1 aliphatic carbocycles. The zero-order valence-electron chi connectivity index (χ0n) is 10.2. The lowest BCUT2D eigenvalue weighted by atomic mass is 10.1. The fraction of sp³-hybridized carbons (Fsp3) is 0.692. The van der Waals surface area contributed by atoms with E-state index in [0.717, 1.165) is 6.42 Å². The Bertz CT molecular complexity index is 310. The monoisotopic (exact) mass is 238 g/mol. The van der Waals surface area contributed by atoms with Gasteiger partial charge in [0.15, 0.2) is 0 Å². The van der Waals surface area contributed by atoms with Gasteiger partial charge in [0.2, 0.25) is 0 Å². The van der Waals surface area contributed by atoms with Gasteiger partial charge in [-0.3, -0.25) is 4.90 Å². The lowest BCUT2D eigenvalue weighted by Crippen LogP contribution is -2.46. The Balaban J connectivity index is 1.91. The van der Waals surface area contributed by atoms with Gasteiger partial charge in [0.25, 0.3) is 0 Å². The summed E-state index contributed by atoms with van der Waals surface area (Å²) in [5.74, 6) is 0. The van der Waals surface area contributed by atoms with E-state index in [9.17, 15) is 0 Å². The average Bonchev–Trinajstić information content (AvgIpc) is 2.88. The number of likely N-dealkylation sites (N-methyl/N-ethyl adjacent to an activating group) is 1. The van der Waals surface area contributed by atoms with Gasteiger partial charge in [0.1, 0.15) is 0 Å². The second kappa shape index (κ2) is 5.30. The molecule has 90 valence electrons. The lowest BCUT2D eigenvalue weighted by molar-refractivity contribution is 0.173. The molecule has 2 rings (SSSR count). The van der Waals surface area contributed by atoms with Crippen molar-refractivity contribution in [3.05, 3.63) is 22.4 Å². The van der Waals surface area contributed by atoms with Crippen LogP contribution in [0.5, 0.6) is 0 Å². The SMILES string of the molecule is CC(Cc1cccs1)N(C)C1CCCC1N. The van der Waals surface area contributed by atoms with Crippen molar-refractivity contribution in [2.45, 2.75) is 50.7 Å². The highest BCUT2D eigenvalue weighted by atomic mass is 32.1. The van der Waals surface area contributed by atoms with Crippen molar-refractivity contribution in [2.75, 3.05) is 7.05 Å². The third-order valence-electron chi connectivity index (χ3n) is 3.83. The molecule has 0 amide bonds. The largest absolute Gasteiger partial charge is 0.326 e. The van der Waals surface area contributed by atoms with Crippen LogP contribution < -0.4 is 5.73 Å². The molecule has 0 aromatic carbocycles. The van der Waals surface area contributed by atoms with Crippen molar-refractivity contribution >= 4 is 11.3 Å². The van der Waals surface area contributed by atoms with E-state index in [1.165, 1.54) is 24.1 Å². The molecule has 0 saturated heterocycles. The second-order valence-electron chi connectivity index (χ2n) is 4.96. The first-order valence-electron chi connectivity index (χ1n) is 6.18. The minimum atomic E-state index is 0.385. The van der Waals surface area contributed by atoms with Gasteiger partial charge < -0.3 is 5.73 Å². The van der Waals surface area contributed by atoms with Crippen LogP contribution in [0.4, 0.5) is 0 Å². The van der Waals surface area contributed by atoms with Crippen LogP contribution in [0.3, 0.4) is 0 Å².